The first-order chi connectivity index (χ1) is 15.4. The number of rotatable bonds is 4. The van der Waals surface area contributed by atoms with E-state index < -0.39 is 27.7 Å². The van der Waals surface area contributed by atoms with Gasteiger partial charge in [0.15, 0.2) is 0 Å². The zero-order chi connectivity index (χ0) is 24.1. The zero-order valence-corrected chi connectivity index (χ0v) is 20.6. The Kier molecular flexibility index (Phi) is 5.78. The van der Waals surface area contributed by atoms with Crippen LogP contribution in [0.3, 0.4) is 0 Å². The number of nitrogens with zero attached hydrogens (tertiary/aromatic N) is 1. The first kappa shape index (κ1) is 23.3. The second-order valence-corrected chi connectivity index (χ2v) is 11.0. The minimum absolute atomic E-state index is 0.158. The van der Waals surface area contributed by atoms with Crippen molar-refractivity contribution in [3.63, 3.8) is 0 Å². The Bertz CT molecular complexity index is 1320. The summed E-state index contributed by atoms with van der Waals surface area (Å²) in [5.74, 6) is -0.0994. The number of hydrogen-bond acceptors (Lipinski definition) is 6. The molecule has 8 heteroatoms. The first-order valence-electron chi connectivity index (χ1n) is 10.9. The Balaban J connectivity index is 2.02. The first-order valence-corrected chi connectivity index (χ1v) is 12.8. The van der Waals surface area contributed by atoms with Gasteiger partial charge in [-0.3, -0.25) is 4.31 Å². The van der Waals surface area contributed by atoms with Crippen LogP contribution in [-0.2, 0) is 19.5 Å². The van der Waals surface area contributed by atoms with Gasteiger partial charge in [-0.1, -0.05) is 29.8 Å². The van der Waals surface area contributed by atoms with E-state index >= 15 is 0 Å². The number of aryl methyl sites for hydroxylation is 1. The lowest BCUT2D eigenvalue weighted by Gasteiger charge is -2.30. The molecule has 0 amide bonds. The predicted octanol–water partition coefficient (Wildman–Crippen LogP) is 5.22. The van der Waals surface area contributed by atoms with Crippen LogP contribution in [0, 0.1) is 6.92 Å². The van der Waals surface area contributed by atoms with Crippen molar-refractivity contribution in [1.82, 2.24) is 0 Å². The van der Waals surface area contributed by atoms with Gasteiger partial charge in [0.1, 0.15) is 16.9 Å². The van der Waals surface area contributed by atoms with Gasteiger partial charge >= 0.3 is 5.97 Å². The average Bonchev–Trinajstić information content (AvgIpc) is 3.04. The molecule has 1 aromatic heterocycles. The van der Waals surface area contributed by atoms with Crippen molar-refractivity contribution in [1.29, 1.82) is 0 Å². The van der Waals surface area contributed by atoms with Crippen LogP contribution in [-0.4, -0.2) is 39.4 Å². The summed E-state index contributed by atoms with van der Waals surface area (Å²) in [7, 11) is -3.59. The summed E-state index contributed by atoms with van der Waals surface area (Å²) in [5.41, 5.74) is 2.99. The second kappa shape index (κ2) is 8.18. The Labute approximate surface area is 194 Å². The molecule has 4 rings (SSSR count). The van der Waals surface area contributed by atoms with E-state index in [1.54, 1.807) is 19.1 Å². The van der Waals surface area contributed by atoms with Gasteiger partial charge in [0, 0.05) is 22.6 Å². The van der Waals surface area contributed by atoms with E-state index in [1.165, 1.54) is 10.6 Å². The molecule has 7 nitrogen and oxygen atoms in total. The summed E-state index contributed by atoms with van der Waals surface area (Å²) >= 11 is 0. The topological polar surface area (TPSA) is 86.1 Å². The zero-order valence-electron chi connectivity index (χ0n) is 19.8. The van der Waals surface area contributed by atoms with E-state index in [4.69, 9.17) is 13.9 Å². The maximum absolute atomic E-state index is 13.0. The number of furan rings is 1. The minimum Gasteiger partial charge on any atom is -0.462 e. The largest absolute Gasteiger partial charge is 0.462 e. The van der Waals surface area contributed by atoms with Crippen molar-refractivity contribution >= 4 is 32.6 Å². The summed E-state index contributed by atoms with van der Waals surface area (Å²) in [6.45, 7) is 9.70. The molecule has 33 heavy (non-hydrogen) atoms. The molecular formula is C25H29NO6S. The van der Waals surface area contributed by atoms with Gasteiger partial charge in [-0.15, -0.1) is 0 Å². The molecule has 1 atom stereocenters. The Morgan fingerprint density at radius 1 is 1.21 bits per heavy atom. The highest BCUT2D eigenvalue weighted by molar-refractivity contribution is 7.92. The van der Waals surface area contributed by atoms with Gasteiger partial charge in [-0.25, -0.2) is 13.2 Å². The van der Waals surface area contributed by atoms with Crippen LogP contribution in [0.4, 0.5) is 5.69 Å². The average molecular weight is 472 g/mol. The number of anilines is 1. The van der Waals surface area contributed by atoms with Gasteiger partial charge in [-0.05, 0) is 40.7 Å². The molecule has 0 radical (unpaired) electrons. The van der Waals surface area contributed by atoms with Crippen LogP contribution in [0.5, 0.6) is 0 Å². The van der Waals surface area contributed by atoms with Crippen LogP contribution >= 0.6 is 0 Å². The van der Waals surface area contributed by atoms with E-state index in [0.717, 1.165) is 11.1 Å². The van der Waals surface area contributed by atoms with E-state index in [1.807, 2.05) is 52.0 Å². The van der Waals surface area contributed by atoms with E-state index in [9.17, 15) is 13.2 Å². The number of carbonyl (C=O) groups excluding carboxylic acids is 1. The SMILES string of the molecule is CCOC(=O)c1c(-c2ccc(C)cc2)oc2cc3c(cc12)C(C)OC(C)(C)CN3S(C)(=O)=O. The van der Waals surface area contributed by atoms with Gasteiger partial charge in [0.25, 0.3) is 0 Å². The van der Waals surface area contributed by atoms with Crippen LogP contribution in [0.2, 0.25) is 0 Å². The van der Waals surface area contributed by atoms with Gasteiger partial charge in [0.2, 0.25) is 10.0 Å². The molecule has 0 saturated carbocycles. The molecule has 0 spiro atoms. The van der Waals surface area contributed by atoms with Crippen molar-refractivity contribution in [3.05, 3.63) is 53.1 Å². The van der Waals surface area contributed by atoms with Gasteiger partial charge in [-0.2, -0.15) is 0 Å². The normalized spacial score (nSPS) is 18.1. The fourth-order valence-electron chi connectivity index (χ4n) is 4.31. The van der Waals surface area contributed by atoms with Crippen LogP contribution in [0.25, 0.3) is 22.3 Å². The summed E-state index contributed by atoms with van der Waals surface area (Å²) in [6, 6.07) is 11.1. The molecule has 2 heterocycles. The van der Waals surface area contributed by atoms with Crippen molar-refractivity contribution in [2.75, 3.05) is 23.7 Å². The molecule has 176 valence electrons. The minimum atomic E-state index is -3.59. The van der Waals surface area contributed by atoms with E-state index in [2.05, 4.69) is 0 Å². The Morgan fingerprint density at radius 2 is 1.88 bits per heavy atom. The molecule has 0 saturated heterocycles. The summed E-state index contributed by atoms with van der Waals surface area (Å²) < 4.78 is 44.5. The lowest BCUT2D eigenvalue weighted by molar-refractivity contribution is -0.0542. The second-order valence-electron chi connectivity index (χ2n) is 9.09. The maximum Gasteiger partial charge on any atom is 0.342 e. The monoisotopic (exact) mass is 471 g/mol. The van der Waals surface area contributed by atoms with Gasteiger partial charge in [0.05, 0.1) is 36.8 Å². The number of esters is 1. The third kappa shape index (κ3) is 4.37. The molecule has 1 aliphatic rings. The van der Waals surface area contributed by atoms with Crippen LogP contribution < -0.4 is 4.31 Å². The lowest BCUT2D eigenvalue weighted by atomic mass is 10.0. The van der Waals surface area contributed by atoms with E-state index in [-0.39, 0.29) is 13.2 Å². The van der Waals surface area contributed by atoms with Crippen LogP contribution in [0.1, 0.15) is 55.3 Å². The number of sulfonamides is 1. The van der Waals surface area contributed by atoms with Crippen molar-refractivity contribution in [2.45, 2.75) is 46.3 Å². The van der Waals surface area contributed by atoms with Crippen molar-refractivity contribution in [2.24, 2.45) is 0 Å². The molecule has 0 N–H and O–H groups in total. The molecule has 0 fully saturated rings. The number of ether oxygens (including phenoxy) is 2. The molecule has 3 aromatic rings. The standard InChI is InChI=1S/C25H29NO6S/c1-7-30-24(27)22-19-12-18-16(3)32-25(4,5)14-26(33(6,28)29)20(18)13-21(19)31-23(22)17-10-8-15(2)9-11-17/h8-13,16H,7,14H2,1-6H3. The summed E-state index contributed by atoms with van der Waals surface area (Å²) in [5, 5.41) is 0.561. The maximum atomic E-state index is 13.0. The fourth-order valence-corrected chi connectivity index (χ4v) is 5.37. The number of carbonyl (C=O) groups is 1. The quantitative estimate of drug-likeness (QED) is 0.485. The third-order valence-corrected chi connectivity index (χ3v) is 6.88. The number of benzene rings is 2. The smallest absolute Gasteiger partial charge is 0.342 e. The number of hydrogen-bond donors (Lipinski definition) is 0. The number of fused-ring (bicyclic) bond motifs is 2. The Morgan fingerprint density at radius 3 is 2.48 bits per heavy atom. The highest BCUT2D eigenvalue weighted by Gasteiger charge is 2.37. The molecule has 2 aromatic carbocycles. The molecular weight excluding hydrogens is 442 g/mol. The third-order valence-electron chi connectivity index (χ3n) is 5.76. The summed E-state index contributed by atoms with van der Waals surface area (Å²) in [6.07, 6.45) is 0.774. The Hall–Kier alpha value is -2.84. The molecule has 0 bridgehead atoms. The lowest BCUT2D eigenvalue weighted by Crippen LogP contribution is -2.42. The fraction of sp³-hybridized carbons (Fsp3) is 0.400. The van der Waals surface area contributed by atoms with E-state index in [0.29, 0.717) is 33.5 Å². The van der Waals surface area contributed by atoms with Gasteiger partial charge < -0.3 is 13.9 Å². The highest BCUT2D eigenvalue weighted by atomic mass is 32.2. The molecule has 1 unspecified atom stereocenters. The van der Waals surface area contributed by atoms with Crippen molar-refractivity contribution in [3.8, 4) is 11.3 Å². The highest BCUT2D eigenvalue weighted by Crippen LogP contribution is 2.43. The summed E-state index contributed by atoms with van der Waals surface area (Å²) in [4.78, 5) is 13.0. The van der Waals surface area contributed by atoms with Crippen molar-refractivity contribution < 1.29 is 27.1 Å². The molecule has 1 aliphatic heterocycles. The molecule has 0 aliphatic carbocycles. The van der Waals surface area contributed by atoms with Crippen LogP contribution in [0.15, 0.2) is 40.8 Å². The predicted molar refractivity (Wildman–Crippen MR) is 128 cm³/mol.